The number of pyridine rings is 2. The molecule has 0 aliphatic carbocycles. The fourth-order valence-corrected chi connectivity index (χ4v) is 4.86. The number of carbonyl (C=O) groups is 1. The van der Waals surface area contributed by atoms with E-state index in [1.165, 1.54) is 0 Å². The summed E-state index contributed by atoms with van der Waals surface area (Å²) < 4.78 is 16.0. The Balaban J connectivity index is 1.44. The second-order valence-corrected chi connectivity index (χ2v) is 10.7. The van der Waals surface area contributed by atoms with E-state index in [0.29, 0.717) is 44.9 Å². The monoisotopic (exact) mass is 511 g/mol. The van der Waals surface area contributed by atoms with Gasteiger partial charge in [-0.3, -0.25) is 14.9 Å². The van der Waals surface area contributed by atoms with Crippen molar-refractivity contribution in [1.82, 2.24) is 30.1 Å². The minimum Gasteiger partial charge on any atom is -0.335 e. The van der Waals surface area contributed by atoms with Gasteiger partial charge in [-0.05, 0) is 35.7 Å². The summed E-state index contributed by atoms with van der Waals surface area (Å²) >= 11 is 1.62. The largest absolute Gasteiger partial charge is 0.335 e. The summed E-state index contributed by atoms with van der Waals surface area (Å²) in [5, 5.41) is 12.4. The number of aromatic nitrogens is 6. The van der Waals surface area contributed by atoms with E-state index in [9.17, 15) is 4.79 Å². The average molecular weight is 512 g/mol. The van der Waals surface area contributed by atoms with E-state index < -0.39 is 11.2 Å². The van der Waals surface area contributed by atoms with Gasteiger partial charge in [-0.2, -0.15) is 5.10 Å². The Morgan fingerprint density at radius 1 is 1.11 bits per heavy atom. The number of anilines is 1. The zero-order chi connectivity index (χ0) is 25.7. The van der Waals surface area contributed by atoms with Crippen molar-refractivity contribution in [2.24, 2.45) is 5.41 Å². The van der Waals surface area contributed by atoms with Gasteiger partial charge in [0.25, 0.3) is 0 Å². The number of H-pyrrole nitrogens is 2. The predicted octanol–water partition coefficient (Wildman–Crippen LogP) is 6.42. The summed E-state index contributed by atoms with van der Waals surface area (Å²) in [6, 6.07) is 11.1. The highest BCUT2D eigenvalue weighted by Gasteiger charge is 2.23. The van der Waals surface area contributed by atoms with Gasteiger partial charge in [0.05, 0.1) is 28.3 Å². The van der Waals surface area contributed by atoms with Crippen molar-refractivity contribution in [2.75, 3.05) is 5.32 Å². The molecule has 0 aliphatic heterocycles. The van der Waals surface area contributed by atoms with Crippen molar-refractivity contribution in [3.8, 4) is 33.1 Å². The highest BCUT2D eigenvalue weighted by atomic mass is 32.1. The van der Waals surface area contributed by atoms with Crippen LogP contribution in [0.2, 0.25) is 0 Å². The highest BCUT2D eigenvalue weighted by Crippen LogP contribution is 2.36. The molecule has 3 N–H and O–H groups in total. The third-order valence-corrected chi connectivity index (χ3v) is 6.96. The zero-order valence-electron chi connectivity index (χ0n) is 20.3. The number of fused-ring (bicyclic) bond motifs is 2. The van der Waals surface area contributed by atoms with Gasteiger partial charge in [-0.25, -0.2) is 14.4 Å². The Hall–Kier alpha value is -4.44. The highest BCUT2D eigenvalue weighted by molar-refractivity contribution is 7.13. The molecule has 6 aromatic rings. The normalized spacial score (nSPS) is 11.9. The number of amides is 1. The number of carbonyl (C=O) groups excluding carboxylic acids is 1. The summed E-state index contributed by atoms with van der Waals surface area (Å²) in [5.41, 5.74) is 3.94. The molecule has 5 aromatic heterocycles. The van der Waals surface area contributed by atoms with Crippen LogP contribution >= 0.6 is 11.3 Å². The lowest BCUT2D eigenvalue weighted by Crippen LogP contribution is -2.27. The number of nitrogens with zero attached hydrogens (tertiary/aromatic N) is 4. The first-order valence-electron chi connectivity index (χ1n) is 11.6. The summed E-state index contributed by atoms with van der Waals surface area (Å²) in [4.78, 5) is 30.0. The smallest absolute Gasteiger partial charge is 0.229 e. The van der Waals surface area contributed by atoms with Crippen molar-refractivity contribution in [2.45, 2.75) is 20.8 Å². The van der Waals surface area contributed by atoms with E-state index in [1.54, 1.807) is 48.1 Å². The molecule has 184 valence electrons. The molecule has 6 rings (SSSR count). The Morgan fingerprint density at radius 3 is 2.76 bits per heavy atom. The molecule has 0 bridgehead atoms. The van der Waals surface area contributed by atoms with Crippen LogP contribution in [0.15, 0.2) is 60.4 Å². The first-order valence-corrected chi connectivity index (χ1v) is 12.5. The zero-order valence-corrected chi connectivity index (χ0v) is 21.1. The van der Waals surface area contributed by atoms with Gasteiger partial charge in [0.2, 0.25) is 5.91 Å². The predicted molar refractivity (Wildman–Crippen MR) is 144 cm³/mol. The molecule has 0 saturated carbocycles. The van der Waals surface area contributed by atoms with Crippen LogP contribution in [0.25, 0.3) is 55.2 Å². The van der Waals surface area contributed by atoms with Crippen molar-refractivity contribution in [1.29, 1.82) is 0 Å². The topological polar surface area (TPSA) is 112 Å². The quantitative estimate of drug-likeness (QED) is 0.253. The van der Waals surface area contributed by atoms with Gasteiger partial charge in [0.15, 0.2) is 11.5 Å². The number of hydrogen-bond acceptors (Lipinski definition) is 6. The number of rotatable bonds is 4. The SMILES string of the molecule is CC(C)(C)C(=O)Nc1cncc(-c2ccc3[nH]nc(-c4nc5nccc(-c6cccs6)c5[nH]4)c3c2F)c1. The van der Waals surface area contributed by atoms with Gasteiger partial charge in [0.1, 0.15) is 11.5 Å². The number of hydrogen-bond donors (Lipinski definition) is 3. The van der Waals surface area contributed by atoms with Gasteiger partial charge >= 0.3 is 0 Å². The van der Waals surface area contributed by atoms with Gasteiger partial charge < -0.3 is 10.3 Å². The molecule has 1 amide bonds. The number of aromatic amines is 2. The Kier molecular flexibility index (Phi) is 5.34. The Bertz CT molecular complexity index is 1780. The van der Waals surface area contributed by atoms with Crippen LogP contribution < -0.4 is 5.32 Å². The maximum Gasteiger partial charge on any atom is 0.229 e. The van der Waals surface area contributed by atoms with Crippen molar-refractivity contribution < 1.29 is 9.18 Å². The van der Waals surface area contributed by atoms with Crippen LogP contribution in [0.4, 0.5) is 10.1 Å². The fourth-order valence-electron chi connectivity index (χ4n) is 4.10. The molecule has 0 unspecified atom stereocenters. The maximum atomic E-state index is 16.0. The molecule has 0 aliphatic rings. The molecule has 10 heteroatoms. The summed E-state index contributed by atoms with van der Waals surface area (Å²) in [7, 11) is 0. The van der Waals surface area contributed by atoms with E-state index in [0.717, 1.165) is 16.0 Å². The lowest BCUT2D eigenvalue weighted by Gasteiger charge is -2.17. The molecule has 0 saturated heterocycles. The maximum absolute atomic E-state index is 16.0. The third-order valence-electron chi connectivity index (χ3n) is 6.06. The molecular weight excluding hydrogens is 489 g/mol. The van der Waals surface area contributed by atoms with E-state index in [-0.39, 0.29) is 5.91 Å². The number of thiophene rings is 1. The van der Waals surface area contributed by atoms with Crippen LogP contribution in [0.3, 0.4) is 0 Å². The first kappa shape index (κ1) is 23.0. The average Bonchev–Trinajstić information content (AvgIpc) is 3.63. The van der Waals surface area contributed by atoms with E-state index >= 15 is 4.39 Å². The van der Waals surface area contributed by atoms with E-state index in [1.807, 2.05) is 44.4 Å². The van der Waals surface area contributed by atoms with E-state index in [2.05, 4.69) is 35.5 Å². The van der Waals surface area contributed by atoms with Crippen LogP contribution in [0, 0.1) is 11.2 Å². The second kappa shape index (κ2) is 8.59. The molecule has 0 atom stereocenters. The molecule has 0 radical (unpaired) electrons. The van der Waals surface area contributed by atoms with Gasteiger partial charge in [0, 0.05) is 39.4 Å². The van der Waals surface area contributed by atoms with Crippen LogP contribution in [-0.2, 0) is 4.79 Å². The number of halogens is 1. The molecule has 5 heterocycles. The fraction of sp³-hybridized carbons (Fsp3) is 0.148. The standard InChI is InChI=1S/C27H22FN7OS/c1-27(2,3)26(36)31-15-11-14(12-29-13-15)16-6-7-18-20(21(16)28)23(35-34-18)25-32-22-17(19-5-4-10-37-19)8-9-30-24(22)33-25/h4-13H,1-3H3,(H,31,36)(H,34,35)(H,30,32,33). The van der Waals surface area contributed by atoms with Crippen molar-refractivity contribution in [3.05, 3.63) is 66.2 Å². The van der Waals surface area contributed by atoms with Crippen LogP contribution in [0.5, 0.6) is 0 Å². The minimum atomic E-state index is -0.573. The molecule has 8 nitrogen and oxygen atoms in total. The van der Waals surface area contributed by atoms with Gasteiger partial charge in [-0.15, -0.1) is 11.3 Å². The van der Waals surface area contributed by atoms with Gasteiger partial charge in [-0.1, -0.05) is 26.8 Å². The Morgan fingerprint density at radius 2 is 1.97 bits per heavy atom. The molecule has 0 fully saturated rings. The summed E-state index contributed by atoms with van der Waals surface area (Å²) in [5.74, 6) is -0.202. The van der Waals surface area contributed by atoms with E-state index in [4.69, 9.17) is 0 Å². The molecular formula is C27H22FN7OS. The lowest BCUT2D eigenvalue weighted by atomic mass is 9.95. The lowest BCUT2D eigenvalue weighted by molar-refractivity contribution is -0.123. The summed E-state index contributed by atoms with van der Waals surface area (Å²) in [6.45, 7) is 5.47. The Labute approximate surface area is 215 Å². The first-order chi connectivity index (χ1) is 17.8. The van der Waals surface area contributed by atoms with Crippen LogP contribution in [-0.4, -0.2) is 36.0 Å². The van der Waals surface area contributed by atoms with Crippen LogP contribution in [0.1, 0.15) is 20.8 Å². The van der Waals surface area contributed by atoms with Crippen molar-refractivity contribution >= 4 is 45.0 Å². The summed E-state index contributed by atoms with van der Waals surface area (Å²) in [6.07, 6.45) is 4.82. The van der Waals surface area contributed by atoms with Crippen molar-refractivity contribution in [3.63, 3.8) is 0 Å². The number of benzene rings is 1. The molecule has 1 aromatic carbocycles. The third kappa shape index (κ3) is 4.05. The number of imidazole rings is 1. The molecule has 37 heavy (non-hydrogen) atoms. The number of nitrogens with one attached hydrogen (secondary N) is 3. The second-order valence-electron chi connectivity index (χ2n) is 9.71. The molecule has 0 spiro atoms. The minimum absolute atomic E-state index is 0.153.